The van der Waals surface area contributed by atoms with Crippen LogP contribution in [0, 0.1) is 6.92 Å². The molecule has 0 atom stereocenters. The highest BCUT2D eigenvalue weighted by Crippen LogP contribution is 2.08. The summed E-state index contributed by atoms with van der Waals surface area (Å²) in [5.41, 5.74) is 1.34. The number of hydrogen-bond acceptors (Lipinski definition) is 0. The van der Waals surface area contributed by atoms with Gasteiger partial charge in [0.15, 0.2) is 12.4 Å². The minimum Gasteiger partial charge on any atom is -1.00 e. The Bertz CT molecular complexity index is 282. The van der Waals surface area contributed by atoms with Gasteiger partial charge in [-0.15, -0.1) is 0 Å². The van der Waals surface area contributed by atoms with E-state index in [4.69, 9.17) is 0 Å². The lowest BCUT2D eigenvalue weighted by atomic mass is 10.1. The van der Waals surface area contributed by atoms with Crippen molar-refractivity contribution in [2.24, 2.45) is 0 Å². The minimum atomic E-state index is 0. The van der Waals surface area contributed by atoms with Gasteiger partial charge >= 0.3 is 0 Å². The minimum absolute atomic E-state index is 0. The summed E-state index contributed by atoms with van der Waals surface area (Å²) < 4.78 is 2.30. The van der Waals surface area contributed by atoms with Crippen molar-refractivity contribution >= 4 is 0 Å². The summed E-state index contributed by atoms with van der Waals surface area (Å²) in [7, 11) is 0. The van der Waals surface area contributed by atoms with E-state index in [9.17, 15) is 0 Å². The lowest BCUT2D eigenvalue weighted by molar-refractivity contribution is -0.697. The highest BCUT2D eigenvalue weighted by Gasteiger charge is 1.98. The van der Waals surface area contributed by atoms with E-state index in [0.717, 1.165) is 0 Å². The maximum atomic E-state index is 2.30. The number of nitrogens with zero attached hydrogens (tertiary/aromatic N) is 1. The molecule has 1 aromatic heterocycles. The second-order valence-corrected chi connectivity index (χ2v) is 5.09. The number of aryl methyl sites for hydroxylation is 2. The lowest BCUT2D eigenvalue weighted by Gasteiger charge is -2.00. The van der Waals surface area contributed by atoms with Gasteiger partial charge in [-0.05, 0) is 18.9 Å². The van der Waals surface area contributed by atoms with Crippen LogP contribution < -0.4 is 9.27 Å². The molecule has 2 heteroatoms. The highest BCUT2D eigenvalue weighted by molar-refractivity contribution is 5.03. The number of halogens is 1. The smallest absolute Gasteiger partial charge is 0.169 e. The van der Waals surface area contributed by atoms with Gasteiger partial charge in [0.2, 0.25) is 0 Å². The van der Waals surface area contributed by atoms with Gasteiger partial charge < -0.3 is 4.70 Å². The van der Waals surface area contributed by atoms with Gasteiger partial charge in [0.25, 0.3) is 0 Å². The van der Waals surface area contributed by atoms with Crippen LogP contribution in [0.5, 0.6) is 0 Å². The summed E-state index contributed by atoms with van der Waals surface area (Å²) in [5, 5.41) is 0. The zero-order chi connectivity index (χ0) is 12.3. The van der Waals surface area contributed by atoms with Crippen LogP contribution >= 0.6 is 0 Å². The van der Waals surface area contributed by atoms with Gasteiger partial charge in [0.1, 0.15) is 6.54 Å². The van der Waals surface area contributed by atoms with E-state index in [2.05, 4.69) is 42.9 Å². The first-order valence-electron chi connectivity index (χ1n) is 7.28. The molecule has 0 bridgehead atoms. The monoisotopic (exact) mass is 253 g/mol. The van der Waals surface area contributed by atoms with Crippen molar-refractivity contribution in [3.63, 3.8) is 0 Å². The van der Waals surface area contributed by atoms with Gasteiger partial charge in [-0.2, -0.15) is 0 Å². The molecule has 0 aliphatic carbocycles. The topological polar surface area (TPSA) is 3.88 Å². The van der Waals surface area contributed by atoms with Crippen LogP contribution in [0.1, 0.15) is 63.9 Å². The molecule has 104 valence electrons. The summed E-state index contributed by atoms with van der Waals surface area (Å²) >= 11 is 0. The Morgan fingerprint density at radius 3 is 1.89 bits per heavy atom. The number of unbranched alkanes of at least 4 members (excludes halogenated alkanes) is 7. The molecule has 0 unspecified atom stereocenters. The number of aromatic nitrogens is 1. The average Bonchev–Trinajstić information content (AvgIpc) is 2.35. The first kappa shape index (κ1) is 17.1. The van der Waals surface area contributed by atoms with E-state index < -0.39 is 0 Å². The van der Waals surface area contributed by atoms with Crippen LogP contribution in [0.25, 0.3) is 0 Å². The molecule has 0 amide bonds. The molecule has 1 rings (SSSR count). The van der Waals surface area contributed by atoms with Crippen LogP contribution in [0.15, 0.2) is 24.5 Å². The maximum Gasteiger partial charge on any atom is 0.169 e. The largest absolute Gasteiger partial charge is 1.00 e. The predicted octanol–water partition coefficient (Wildman–Crippen LogP) is 1.43. The lowest BCUT2D eigenvalue weighted by Crippen LogP contribution is -3.00. The molecule has 1 aromatic rings. The average molecular weight is 253 g/mol. The molecule has 0 aromatic carbocycles. The maximum absolute atomic E-state index is 2.30. The molecule has 18 heavy (non-hydrogen) atoms. The molecule has 1 heterocycles. The quantitative estimate of drug-likeness (QED) is 0.463. The first-order valence-corrected chi connectivity index (χ1v) is 7.28. The molecule has 0 aliphatic rings. The van der Waals surface area contributed by atoms with Crippen molar-refractivity contribution in [1.29, 1.82) is 0 Å². The molecule has 0 aliphatic heterocycles. The van der Waals surface area contributed by atoms with Crippen LogP contribution in [-0.2, 0) is 6.54 Å². The van der Waals surface area contributed by atoms with E-state index in [1.165, 1.54) is 63.5 Å². The fourth-order valence-electron chi connectivity index (χ4n) is 2.11. The third-order valence-electron chi connectivity index (χ3n) is 3.33. The van der Waals surface area contributed by atoms with Gasteiger partial charge in [-0.3, -0.25) is 0 Å². The predicted molar refractivity (Wildman–Crippen MR) is 74.0 cm³/mol. The zero-order valence-corrected chi connectivity index (χ0v) is 12.0. The van der Waals surface area contributed by atoms with E-state index in [1.54, 1.807) is 0 Å². The SMILES string of the molecule is CCCCCCCCCC[n+]1ccc(C)cc1.[F-]. The van der Waals surface area contributed by atoms with Crippen LogP contribution in [0.2, 0.25) is 0 Å². The van der Waals surface area contributed by atoms with Crippen LogP contribution in [0.3, 0.4) is 0 Å². The van der Waals surface area contributed by atoms with Crippen molar-refractivity contribution in [3.8, 4) is 0 Å². The van der Waals surface area contributed by atoms with Gasteiger partial charge in [-0.1, -0.05) is 45.4 Å². The molecule has 0 fully saturated rings. The third kappa shape index (κ3) is 8.21. The van der Waals surface area contributed by atoms with E-state index >= 15 is 0 Å². The van der Waals surface area contributed by atoms with Crippen molar-refractivity contribution in [1.82, 2.24) is 0 Å². The van der Waals surface area contributed by atoms with Crippen LogP contribution in [-0.4, -0.2) is 0 Å². The molecule has 1 nitrogen and oxygen atoms in total. The number of rotatable bonds is 9. The summed E-state index contributed by atoms with van der Waals surface area (Å²) in [4.78, 5) is 0. The summed E-state index contributed by atoms with van der Waals surface area (Å²) in [6.45, 7) is 5.59. The Kier molecular flexibility index (Phi) is 10.6. The molecular formula is C16H28FN. The van der Waals surface area contributed by atoms with Crippen molar-refractivity contribution in [3.05, 3.63) is 30.1 Å². The van der Waals surface area contributed by atoms with Gasteiger partial charge in [0.05, 0.1) is 0 Å². The molecule has 0 N–H and O–H groups in total. The molecule has 0 saturated carbocycles. The fourth-order valence-corrected chi connectivity index (χ4v) is 2.11. The second-order valence-electron chi connectivity index (χ2n) is 5.09. The number of hydrogen-bond donors (Lipinski definition) is 0. The molecule has 0 spiro atoms. The second kappa shape index (κ2) is 11.2. The summed E-state index contributed by atoms with van der Waals surface area (Å²) in [5.74, 6) is 0. The molecular weight excluding hydrogens is 225 g/mol. The standard InChI is InChI=1S/C16H28N.FH/c1-3-4-5-6-7-8-9-10-13-17-14-11-16(2)12-15-17;/h11-12,14-15H,3-10,13H2,1-2H3;1H/q+1;/p-1. The Labute approximate surface area is 112 Å². The Morgan fingerprint density at radius 1 is 0.833 bits per heavy atom. The summed E-state index contributed by atoms with van der Waals surface area (Å²) in [6, 6.07) is 4.37. The normalized spacial score (nSPS) is 10.1. The molecule has 0 radical (unpaired) electrons. The van der Waals surface area contributed by atoms with Crippen LogP contribution in [0.4, 0.5) is 0 Å². The van der Waals surface area contributed by atoms with E-state index in [0.29, 0.717) is 0 Å². The Balaban J connectivity index is 0.00000289. The fraction of sp³-hybridized carbons (Fsp3) is 0.688. The van der Waals surface area contributed by atoms with Crippen molar-refractivity contribution < 1.29 is 9.27 Å². The Hall–Kier alpha value is -0.920. The van der Waals surface area contributed by atoms with Gasteiger partial charge in [0, 0.05) is 18.6 Å². The number of pyridine rings is 1. The Morgan fingerprint density at radius 2 is 1.33 bits per heavy atom. The van der Waals surface area contributed by atoms with Crippen molar-refractivity contribution in [2.45, 2.75) is 71.8 Å². The van der Waals surface area contributed by atoms with Gasteiger partial charge in [-0.25, -0.2) is 4.57 Å². The third-order valence-corrected chi connectivity index (χ3v) is 3.33. The highest BCUT2D eigenvalue weighted by atomic mass is 19.0. The summed E-state index contributed by atoms with van der Waals surface area (Å²) in [6.07, 6.45) is 15.6. The van der Waals surface area contributed by atoms with E-state index in [1.807, 2.05) is 0 Å². The zero-order valence-electron chi connectivity index (χ0n) is 12.0. The first-order chi connectivity index (χ1) is 8.33. The van der Waals surface area contributed by atoms with Crippen molar-refractivity contribution in [2.75, 3.05) is 0 Å². The molecule has 0 saturated heterocycles. The van der Waals surface area contributed by atoms with E-state index in [-0.39, 0.29) is 4.70 Å².